The monoisotopic (exact) mass is 460 g/mol. The molecule has 2 aromatic carbocycles. The highest BCUT2D eigenvalue weighted by Crippen LogP contribution is 2.30. The minimum Gasteiger partial charge on any atom is -0.495 e. The zero-order valence-electron chi connectivity index (χ0n) is 16.2. The van der Waals surface area contributed by atoms with Gasteiger partial charge in [-0.05, 0) is 36.4 Å². The summed E-state index contributed by atoms with van der Waals surface area (Å²) >= 11 is 12.0. The van der Waals surface area contributed by atoms with E-state index >= 15 is 0 Å². The van der Waals surface area contributed by atoms with Crippen LogP contribution in [0.15, 0.2) is 41.3 Å². The lowest BCUT2D eigenvalue weighted by Crippen LogP contribution is -2.31. The molecule has 0 aliphatic heterocycles. The van der Waals surface area contributed by atoms with Crippen LogP contribution < -0.4 is 14.8 Å². The molecule has 0 unspecified atom stereocenters. The van der Waals surface area contributed by atoms with E-state index in [0.29, 0.717) is 29.5 Å². The molecule has 10 heteroatoms. The second-order valence-electron chi connectivity index (χ2n) is 5.87. The van der Waals surface area contributed by atoms with Crippen LogP contribution in [-0.2, 0) is 14.8 Å². The molecule has 29 heavy (non-hydrogen) atoms. The molecule has 0 saturated heterocycles. The van der Waals surface area contributed by atoms with Crippen molar-refractivity contribution >= 4 is 44.8 Å². The van der Waals surface area contributed by atoms with Gasteiger partial charge in [0.05, 0.1) is 12.1 Å². The highest BCUT2D eigenvalue weighted by molar-refractivity contribution is 7.89. The van der Waals surface area contributed by atoms with E-state index in [-0.39, 0.29) is 15.7 Å². The predicted molar refractivity (Wildman–Crippen MR) is 114 cm³/mol. The van der Waals surface area contributed by atoms with Gasteiger partial charge in [-0.1, -0.05) is 37.0 Å². The number of halogens is 2. The van der Waals surface area contributed by atoms with Crippen LogP contribution in [0.1, 0.15) is 13.8 Å². The van der Waals surface area contributed by atoms with Crippen molar-refractivity contribution in [1.82, 2.24) is 4.31 Å². The van der Waals surface area contributed by atoms with Crippen LogP contribution in [0.2, 0.25) is 10.0 Å². The molecule has 0 atom stereocenters. The van der Waals surface area contributed by atoms with Crippen molar-refractivity contribution in [2.75, 3.05) is 32.1 Å². The second-order valence-corrected chi connectivity index (χ2v) is 8.62. The Morgan fingerprint density at radius 1 is 1.07 bits per heavy atom. The summed E-state index contributed by atoms with van der Waals surface area (Å²) in [5.41, 5.74) is 0.455. The van der Waals surface area contributed by atoms with Crippen molar-refractivity contribution in [3.05, 3.63) is 46.4 Å². The number of carbonyl (C=O) groups is 1. The van der Waals surface area contributed by atoms with Crippen LogP contribution in [0.5, 0.6) is 11.5 Å². The van der Waals surface area contributed by atoms with Crippen molar-refractivity contribution in [3.63, 3.8) is 0 Å². The molecule has 7 nitrogen and oxygen atoms in total. The zero-order valence-corrected chi connectivity index (χ0v) is 18.6. The molecular weight excluding hydrogens is 439 g/mol. The van der Waals surface area contributed by atoms with E-state index in [1.165, 1.54) is 35.7 Å². The maximum absolute atomic E-state index is 12.9. The molecule has 0 radical (unpaired) electrons. The third-order valence-electron chi connectivity index (χ3n) is 4.02. The molecule has 0 bridgehead atoms. The Hall–Kier alpha value is -2.00. The standard InChI is InChI=1S/C19H22Cl2N2O5S/c1-4-23(5-2)29(25,26)18-10-13(20)6-8-17(18)28-12-19(24)22-14-7-9-16(27-3)15(21)11-14/h6-11H,4-5,12H2,1-3H3,(H,22,24). The van der Waals surface area contributed by atoms with Crippen LogP contribution in [0.25, 0.3) is 0 Å². The quantitative estimate of drug-likeness (QED) is 0.609. The summed E-state index contributed by atoms with van der Waals surface area (Å²) in [6.45, 7) is 3.66. The Labute approximate surface area is 180 Å². The van der Waals surface area contributed by atoms with E-state index in [4.69, 9.17) is 32.7 Å². The average molecular weight is 461 g/mol. The maximum Gasteiger partial charge on any atom is 0.262 e. The number of rotatable bonds is 9. The third-order valence-corrected chi connectivity index (χ3v) is 6.62. The van der Waals surface area contributed by atoms with Gasteiger partial charge in [-0.25, -0.2) is 8.42 Å². The van der Waals surface area contributed by atoms with Crippen molar-refractivity contribution in [2.24, 2.45) is 0 Å². The van der Waals surface area contributed by atoms with E-state index in [2.05, 4.69) is 5.32 Å². The number of hydrogen-bond donors (Lipinski definition) is 1. The Morgan fingerprint density at radius 2 is 1.72 bits per heavy atom. The normalized spacial score (nSPS) is 11.4. The molecule has 0 spiro atoms. The molecule has 0 aromatic heterocycles. The highest BCUT2D eigenvalue weighted by atomic mass is 35.5. The smallest absolute Gasteiger partial charge is 0.262 e. The van der Waals surface area contributed by atoms with E-state index in [9.17, 15) is 13.2 Å². The first-order valence-corrected chi connectivity index (χ1v) is 11.0. The average Bonchev–Trinajstić information content (AvgIpc) is 2.68. The second kappa shape index (κ2) is 10.2. The predicted octanol–water partition coefficient (Wildman–Crippen LogP) is 4.05. The van der Waals surface area contributed by atoms with Crippen LogP contribution >= 0.6 is 23.2 Å². The van der Waals surface area contributed by atoms with Gasteiger partial charge in [-0.3, -0.25) is 4.79 Å². The summed E-state index contributed by atoms with van der Waals surface area (Å²) in [4.78, 5) is 12.1. The molecular formula is C19H22Cl2N2O5S. The fourth-order valence-electron chi connectivity index (χ4n) is 2.59. The lowest BCUT2D eigenvalue weighted by atomic mass is 10.3. The summed E-state index contributed by atoms with van der Waals surface area (Å²) in [6.07, 6.45) is 0. The van der Waals surface area contributed by atoms with Crippen LogP contribution in [0.3, 0.4) is 0 Å². The molecule has 0 heterocycles. The van der Waals surface area contributed by atoms with Crippen molar-refractivity contribution < 1.29 is 22.7 Å². The van der Waals surface area contributed by atoms with Crippen LogP contribution in [0.4, 0.5) is 5.69 Å². The van der Waals surface area contributed by atoms with Gasteiger partial charge in [-0.15, -0.1) is 0 Å². The first kappa shape index (κ1) is 23.3. The third kappa shape index (κ3) is 5.76. The number of anilines is 1. The van der Waals surface area contributed by atoms with E-state index in [0.717, 1.165) is 0 Å². The van der Waals surface area contributed by atoms with Crippen molar-refractivity contribution in [2.45, 2.75) is 18.7 Å². The Morgan fingerprint density at radius 3 is 2.31 bits per heavy atom. The number of nitrogens with zero attached hydrogens (tertiary/aromatic N) is 1. The highest BCUT2D eigenvalue weighted by Gasteiger charge is 2.26. The molecule has 0 fully saturated rings. The minimum absolute atomic E-state index is 0.0456. The number of amides is 1. The molecule has 1 amide bonds. The summed E-state index contributed by atoms with van der Waals surface area (Å²) in [5, 5.41) is 3.22. The molecule has 0 saturated carbocycles. The molecule has 2 aromatic rings. The Balaban J connectivity index is 2.16. The molecule has 2 rings (SSSR count). The first-order valence-electron chi connectivity index (χ1n) is 8.78. The minimum atomic E-state index is -3.81. The van der Waals surface area contributed by atoms with Gasteiger partial charge in [0.25, 0.3) is 5.91 Å². The van der Waals surface area contributed by atoms with Gasteiger partial charge in [0.1, 0.15) is 16.4 Å². The summed E-state index contributed by atoms with van der Waals surface area (Å²) in [6, 6.07) is 9.02. The number of ether oxygens (including phenoxy) is 2. The summed E-state index contributed by atoms with van der Waals surface area (Å²) < 4.78 is 37.6. The van der Waals surface area contributed by atoms with Crippen LogP contribution in [-0.4, -0.2) is 45.4 Å². The van der Waals surface area contributed by atoms with E-state index in [1.807, 2.05) is 0 Å². The van der Waals surface area contributed by atoms with Gasteiger partial charge in [-0.2, -0.15) is 4.31 Å². The largest absolute Gasteiger partial charge is 0.495 e. The van der Waals surface area contributed by atoms with E-state index < -0.39 is 22.5 Å². The first-order chi connectivity index (χ1) is 13.7. The lowest BCUT2D eigenvalue weighted by Gasteiger charge is -2.20. The van der Waals surface area contributed by atoms with Gasteiger partial charge in [0.15, 0.2) is 6.61 Å². The number of benzene rings is 2. The fourth-order valence-corrected chi connectivity index (χ4v) is 4.70. The molecule has 1 N–H and O–H groups in total. The molecule has 0 aliphatic carbocycles. The van der Waals surface area contributed by atoms with Gasteiger partial charge >= 0.3 is 0 Å². The number of nitrogens with one attached hydrogen (secondary N) is 1. The Bertz CT molecular complexity index is 979. The van der Waals surface area contributed by atoms with Crippen LogP contribution in [0, 0.1) is 0 Å². The number of hydrogen-bond acceptors (Lipinski definition) is 5. The summed E-state index contributed by atoms with van der Waals surface area (Å²) in [5.74, 6) is 0.0462. The van der Waals surface area contributed by atoms with Gasteiger partial charge in [0, 0.05) is 23.8 Å². The number of sulfonamides is 1. The maximum atomic E-state index is 12.9. The van der Waals surface area contributed by atoms with E-state index in [1.54, 1.807) is 26.0 Å². The Kier molecular flexibility index (Phi) is 8.15. The summed E-state index contributed by atoms with van der Waals surface area (Å²) in [7, 11) is -2.32. The number of carbonyl (C=O) groups excluding carboxylic acids is 1. The van der Waals surface area contributed by atoms with Gasteiger partial charge < -0.3 is 14.8 Å². The molecule has 0 aliphatic rings. The van der Waals surface area contributed by atoms with Gasteiger partial charge in [0.2, 0.25) is 10.0 Å². The fraction of sp³-hybridized carbons (Fsp3) is 0.316. The number of methoxy groups -OCH3 is 1. The topological polar surface area (TPSA) is 84.9 Å². The lowest BCUT2D eigenvalue weighted by molar-refractivity contribution is -0.118. The van der Waals surface area contributed by atoms with Crippen molar-refractivity contribution in [1.29, 1.82) is 0 Å². The zero-order chi connectivity index (χ0) is 21.6. The molecule has 158 valence electrons. The SMILES string of the molecule is CCN(CC)S(=O)(=O)c1cc(Cl)ccc1OCC(=O)Nc1ccc(OC)c(Cl)c1. The van der Waals surface area contributed by atoms with Crippen molar-refractivity contribution in [3.8, 4) is 11.5 Å².